The molecule has 0 saturated carbocycles. The third-order valence-corrected chi connectivity index (χ3v) is 4.40. The highest BCUT2D eigenvalue weighted by Gasteiger charge is 2.17. The fourth-order valence-electron chi connectivity index (χ4n) is 2.90. The number of amides is 1. The van der Waals surface area contributed by atoms with Gasteiger partial charge in [-0.05, 0) is 18.9 Å². The van der Waals surface area contributed by atoms with Gasteiger partial charge in [0.25, 0.3) is 0 Å². The first kappa shape index (κ1) is 22.7. The van der Waals surface area contributed by atoms with Crippen LogP contribution in [0.5, 0.6) is 0 Å². The van der Waals surface area contributed by atoms with Gasteiger partial charge in [0.2, 0.25) is 5.91 Å². The van der Waals surface area contributed by atoms with Crippen LogP contribution in [0.15, 0.2) is 35.3 Å². The summed E-state index contributed by atoms with van der Waals surface area (Å²) in [6.07, 6.45) is 0.984. The largest absolute Gasteiger partial charge is 0.357 e. The third-order valence-electron chi connectivity index (χ3n) is 4.40. The van der Waals surface area contributed by atoms with Crippen LogP contribution in [-0.4, -0.2) is 74.0 Å². The van der Waals surface area contributed by atoms with Crippen LogP contribution in [-0.2, 0) is 11.2 Å². The molecule has 1 aromatic rings. The highest BCUT2D eigenvalue weighted by Crippen LogP contribution is 2.01. The lowest BCUT2D eigenvalue weighted by Gasteiger charge is -2.33. The van der Waals surface area contributed by atoms with Gasteiger partial charge in [-0.1, -0.05) is 30.3 Å². The molecule has 2 N–H and O–H groups in total. The van der Waals surface area contributed by atoms with Gasteiger partial charge in [-0.2, -0.15) is 0 Å². The van der Waals surface area contributed by atoms with Crippen molar-refractivity contribution in [1.29, 1.82) is 0 Å². The zero-order valence-electron chi connectivity index (χ0n) is 15.9. The van der Waals surface area contributed by atoms with E-state index in [0.29, 0.717) is 0 Å². The SMILES string of the molecule is CCNC(=NCCN1CCN(C(C)=O)CC1)NCCc1ccccc1.I. The minimum absolute atomic E-state index is 0. The highest BCUT2D eigenvalue weighted by atomic mass is 127. The first-order valence-electron chi connectivity index (χ1n) is 9.23. The van der Waals surface area contributed by atoms with Gasteiger partial charge in [-0.3, -0.25) is 14.7 Å². The monoisotopic (exact) mass is 473 g/mol. The van der Waals surface area contributed by atoms with Crippen LogP contribution in [0.3, 0.4) is 0 Å². The summed E-state index contributed by atoms with van der Waals surface area (Å²) < 4.78 is 0. The molecule has 0 atom stereocenters. The van der Waals surface area contributed by atoms with Crippen molar-refractivity contribution in [2.75, 3.05) is 52.4 Å². The summed E-state index contributed by atoms with van der Waals surface area (Å²) in [5, 5.41) is 6.69. The standard InChI is InChI=1S/C19H31N5O.HI/c1-3-20-19(21-10-9-18-7-5-4-6-8-18)22-11-12-23-13-15-24(16-14-23)17(2)25;/h4-8H,3,9-16H2,1-2H3,(H2,20,21,22);1H. The fourth-order valence-corrected chi connectivity index (χ4v) is 2.90. The molecule has 6 nitrogen and oxygen atoms in total. The molecule has 1 heterocycles. The Morgan fingerprint density at radius 2 is 1.81 bits per heavy atom. The molecule has 1 aliphatic heterocycles. The van der Waals surface area contributed by atoms with Crippen molar-refractivity contribution in [2.45, 2.75) is 20.3 Å². The maximum atomic E-state index is 11.4. The number of halogens is 1. The van der Waals surface area contributed by atoms with E-state index in [1.54, 1.807) is 6.92 Å². The predicted octanol–water partition coefficient (Wildman–Crippen LogP) is 1.57. The van der Waals surface area contributed by atoms with Crippen molar-refractivity contribution in [1.82, 2.24) is 20.4 Å². The molecule has 1 aliphatic rings. The molecule has 1 saturated heterocycles. The summed E-state index contributed by atoms with van der Waals surface area (Å²) >= 11 is 0. The lowest BCUT2D eigenvalue weighted by Crippen LogP contribution is -2.48. The molecule has 0 radical (unpaired) electrons. The second-order valence-electron chi connectivity index (χ2n) is 6.27. The van der Waals surface area contributed by atoms with E-state index < -0.39 is 0 Å². The van der Waals surface area contributed by atoms with Gasteiger partial charge in [0.05, 0.1) is 6.54 Å². The lowest BCUT2D eigenvalue weighted by molar-refractivity contribution is -0.130. The Morgan fingerprint density at radius 1 is 1.12 bits per heavy atom. The van der Waals surface area contributed by atoms with E-state index >= 15 is 0 Å². The van der Waals surface area contributed by atoms with E-state index in [2.05, 4.69) is 51.7 Å². The number of nitrogens with one attached hydrogen (secondary N) is 2. The van der Waals surface area contributed by atoms with Crippen LogP contribution in [0.1, 0.15) is 19.4 Å². The van der Waals surface area contributed by atoms with Gasteiger partial charge in [0, 0.05) is 52.7 Å². The van der Waals surface area contributed by atoms with Crippen LogP contribution >= 0.6 is 24.0 Å². The maximum Gasteiger partial charge on any atom is 0.219 e. The summed E-state index contributed by atoms with van der Waals surface area (Å²) in [5.41, 5.74) is 1.33. The van der Waals surface area contributed by atoms with Crippen molar-refractivity contribution in [3.05, 3.63) is 35.9 Å². The second-order valence-corrected chi connectivity index (χ2v) is 6.27. The Balaban J connectivity index is 0.00000338. The van der Waals surface area contributed by atoms with Crippen molar-refractivity contribution in [3.8, 4) is 0 Å². The predicted molar refractivity (Wildman–Crippen MR) is 118 cm³/mol. The van der Waals surface area contributed by atoms with Gasteiger partial charge < -0.3 is 15.5 Å². The molecule has 7 heteroatoms. The van der Waals surface area contributed by atoms with Gasteiger partial charge >= 0.3 is 0 Å². The van der Waals surface area contributed by atoms with Gasteiger partial charge in [-0.15, -0.1) is 24.0 Å². The average molecular weight is 473 g/mol. The number of piperazine rings is 1. The Kier molecular flexibility index (Phi) is 11.3. The molecule has 1 amide bonds. The maximum absolute atomic E-state index is 11.4. The normalized spacial score (nSPS) is 15.3. The summed E-state index contributed by atoms with van der Waals surface area (Å²) in [5.74, 6) is 1.05. The molecule has 0 unspecified atom stereocenters. The summed E-state index contributed by atoms with van der Waals surface area (Å²) in [4.78, 5) is 20.3. The molecule has 1 aromatic carbocycles. The average Bonchev–Trinajstić information content (AvgIpc) is 2.63. The highest BCUT2D eigenvalue weighted by molar-refractivity contribution is 14.0. The molecule has 0 bridgehead atoms. The Hall–Kier alpha value is -1.35. The molecular formula is C19H32IN5O. The molecule has 2 rings (SSSR count). The second kappa shape index (κ2) is 12.9. The molecule has 26 heavy (non-hydrogen) atoms. The number of carbonyl (C=O) groups is 1. The van der Waals surface area contributed by atoms with E-state index in [-0.39, 0.29) is 29.9 Å². The molecule has 0 aromatic heterocycles. The number of hydrogen-bond acceptors (Lipinski definition) is 3. The summed E-state index contributed by atoms with van der Waals surface area (Å²) in [6, 6.07) is 10.5. The summed E-state index contributed by atoms with van der Waals surface area (Å²) in [7, 11) is 0. The van der Waals surface area contributed by atoms with E-state index in [9.17, 15) is 4.79 Å². The van der Waals surface area contributed by atoms with E-state index in [0.717, 1.165) is 64.7 Å². The number of rotatable bonds is 7. The van der Waals surface area contributed by atoms with Gasteiger partial charge in [0.15, 0.2) is 5.96 Å². The van der Waals surface area contributed by atoms with E-state index in [4.69, 9.17) is 0 Å². The van der Waals surface area contributed by atoms with Crippen LogP contribution in [0, 0.1) is 0 Å². The topological polar surface area (TPSA) is 60.0 Å². The van der Waals surface area contributed by atoms with Crippen LogP contribution in [0.4, 0.5) is 0 Å². The minimum atomic E-state index is 0. The summed E-state index contributed by atoms with van der Waals surface area (Å²) in [6.45, 7) is 10.7. The van der Waals surface area contributed by atoms with Crippen LogP contribution in [0.25, 0.3) is 0 Å². The zero-order chi connectivity index (χ0) is 17.9. The Morgan fingerprint density at radius 3 is 2.42 bits per heavy atom. The number of aliphatic imine (C=N–C) groups is 1. The van der Waals surface area contributed by atoms with Crippen molar-refractivity contribution >= 4 is 35.8 Å². The third kappa shape index (κ3) is 8.35. The molecule has 1 fully saturated rings. The van der Waals surface area contributed by atoms with E-state index in [1.165, 1.54) is 5.56 Å². The Labute approximate surface area is 174 Å². The molecule has 0 spiro atoms. The number of nitrogens with zero attached hydrogens (tertiary/aromatic N) is 3. The fraction of sp³-hybridized carbons (Fsp3) is 0.579. The van der Waals surface area contributed by atoms with Crippen LogP contribution in [0.2, 0.25) is 0 Å². The number of guanidine groups is 1. The van der Waals surface area contributed by atoms with E-state index in [1.807, 2.05) is 11.0 Å². The van der Waals surface area contributed by atoms with Gasteiger partial charge in [-0.25, -0.2) is 0 Å². The molecule has 0 aliphatic carbocycles. The lowest BCUT2D eigenvalue weighted by atomic mass is 10.1. The molecular weight excluding hydrogens is 441 g/mol. The van der Waals surface area contributed by atoms with Crippen molar-refractivity contribution in [3.63, 3.8) is 0 Å². The molecule has 146 valence electrons. The first-order valence-corrected chi connectivity index (χ1v) is 9.23. The van der Waals surface area contributed by atoms with Gasteiger partial charge in [0.1, 0.15) is 0 Å². The first-order chi connectivity index (χ1) is 12.2. The van der Waals surface area contributed by atoms with Crippen molar-refractivity contribution in [2.24, 2.45) is 4.99 Å². The quantitative estimate of drug-likeness (QED) is 0.359. The number of benzene rings is 1. The minimum Gasteiger partial charge on any atom is -0.357 e. The Bertz CT molecular complexity index is 544. The smallest absolute Gasteiger partial charge is 0.219 e. The number of hydrogen-bond donors (Lipinski definition) is 2. The zero-order valence-corrected chi connectivity index (χ0v) is 18.2. The number of carbonyl (C=O) groups excluding carboxylic acids is 1. The van der Waals surface area contributed by atoms with Crippen molar-refractivity contribution < 1.29 is 4.79 Å². The van der Waals surface area contributed by atoms with Crippen LogP contribution < -0.4 is 10.6 Å².